The van der Waals surface area contributed by atoms with Crippen molar-refractivity contribution < 1.29 is 4.74 Å². The van der Waals surface area contributed by atoms with Gasteiger partial charge in [-0.25, -0.2) is 0 Å². The van der Waals surface area contributed by atoms with E-state index < -0.39 is 0 Å². The number of nitrogens with zero attached hydrogens (tertiary/aromatic N) is 2. The van der Waals surface area contributed by atoms with E-state index in [1.165, 1.54) is 22.2 Å². The first-order valence-electron chi connectivity index (χ1n) is 7.82. The molecule has 1 fully saturated rings. The predicted octanol–water partition coefficient (Wildman–Crippen LogP) is 2.51. The molecule has 21 heavy (non-hydrogen) atoms. The van der Waals surface area contributed by atoms with Gasteiger partial charge in [-0.15, -0.1) is 0 Å². The molecule has 1 aliphatic heterocycles. The second kappa shape index (κ2) is 6.18. The van der Waals surface area contributed by atoms with Crippen LogP contribution in [0.4, 0.5) is 0 Å². The fraction of sp³-hybridized carbons (Fsp3) is 0.529. The van der Waals surface area contributed by atoms with Crippen molar-refractivity contribution in [1.29, 1.82) is 0 Å². The first-order chi connectivity index (χ1) is 10.2. The number of fused-ring (bicyclic) bond motifs is 1. The fourth-order valence-electron chi connectivity index (χ4n) is 3.19. The molecule has 0 aliphatic carbocycles. The van der Waals surface area contributed by atoms with E-state index in [0.717, 1.165) is 32.8 Å². The molecule has 2 aromatic rings. The van der Waals surface area contributed by atoms with Crippen LogP contribution in [0.15, 0.2) is 24.3 Å². The van der Waals surface area contributed by atoms with Crippen molar-refractivity contribution >= 4 is 10.9 Å². The van der Waals surface area contributed by atoms with Gasteiger partial charge in [0.25, 0.3) is 0 Å². The molecule has 1 saturated heterocycles. The molecule has 3 rings (SSSR count). The molecule has 1 aromatic heterocycles. The largest absolute Gasteiger partial charge is 0.379 e. The minimum Gasteiger partial charge on any atom is -0.379 e. The van der Waals surface area contributed by atoms with Crippen LogP contribution in [0.1, 0.15) is 31.1 Å². The Morgan fingerprint density at radius 1 is 1.19 bits per heavy atom. The Labute approximate surface area is 126 Å². The third-order valence-electron chi connectivity index (χ3n) is 4.22. The summed E-state index contributed by atoms with van der Waals surface area (Å²) < 4.78 is 7.89. The summed E-state index contributed by atoms with van der Waals surface area (Å²) in [4.78, 5) is 2.47. The summed E-state index contributed by atoms with van der Waals surface area (Å²) >= 11 is 0. The molecule has 0 radical (unpaired) electrons. The molecule has 4 nitrogen and oxygen atoms in total. The van der Waals surface area contributed by atoms with Crippen molar-refractivity contribution in [1.82, 2.24) is 9.47 Å². The van der Waals surface area contributed by atoms with Gasteiger partial charge in [0.1, 0.15) is 0 Å². The number of morpholine rings is 1. The van der Waals surface area contributed by atoms with Crippen molar-refractivity contribution in [3.8, 4) is 0 Å². The molecule has 0 saturated carbocycles. The quantitative estimate of drug-likeness (QED) is 0.939. The predicted molar refractivity (Wildman–Crippen MR) is 86.3 cm³/mol. The Morgan fingerprint density at radius 3 is 2.62 bits per heavy atom. The Hall–Kier alpha value is -1.36. The Kier molecular flexibility index (Phi) is 4.29. The number of hydrogen-bond donors (Lipinski definition) is 1. The van der Waals surface area contributed by atoms with Crippen molar-refractivity contribution in [2.45, 2.75) is 33.0 Å². The molecule has 0 unspecified atom stereocenters. The van der Waals surface area contributed by atoms with Crippen molar-refractivity contribution in [3.63, 3.8) is 0 Å². The zero-order valence-electron chi connectivity index (χ0n) is 13.0. The van der Waals surface area contributed by atoms with Crippen LogP contribution < -0.4 is 5.73 Å². The van der Waals surface area contributed by atoms with Gasteiger partial charge in [-0.05, 0) is 37.6 Å². The summed E-state index contributed by atoms with van der Waals surface area (Å²) in [6.07, 6.45) is 0. The number of ether oxygens (including phenoxy) is 1. The van der Waals surface area contributed by atoms with Crippen molar-refractivity contribution in [2.75, 3.05) is 26.3 Å². The molecule has 0 spiro atoms. The summed E-state index contributed by atoms with van der Waals surface area (Å²) in [5, 5.41) is 1.30. The third-order valence-corrected chi connectivity index (χ3v) is 4.22. The minimum absolute atomic E-state index is 0.460. The molecule has 0 bridgehead atoms. The van der Waals surface area contributed by atoms with Crippen LogP contribution in [0, 0.1) is 0 Å². The highest BCUT2D eigenvalue weighted by molar-refractivity contribution is 5.82. The number of nitrogens with two attached hydrogens (primary N) is 1. The van der Waals surface area contributed by atoms with Crippen molar-refractivity contribution in [2.24, 2.45) is 5.73 Å². The highest BCUT2D eigenvalue weighted by Gasteiger charge is 2.16. The maximum atomic E-state index is 5.77. The topological polar surface area (TPSA) is 43.4 Å². The summed E-state index contributed by atoms with van der Waals surface area (Å²) in [7, 11) is 0. The van der Waals surface area contributed by atoms with E-state index in [1.807, 2.05) is 0 Å². The highest BCUT2D eigenvalue weighted by atomic mass is 16.5. The first-order valence-corrected chi connectivity index (χ1v) is 7.82. The van der Waals surface area contributed by atoms with E-state index in [4.69, 9.17) is 10.5 Å². The summed E-state index contributed by atoms with van der Waals surface area (Å²) in [6, 6.07) is 9.35. The van der Waals surface area contributed by atoms with Gasteiger partial charge in [0.05, 0.1) is 13.2 Å². The van der Waals surface area contributed by atoms with Crippen LogP contribution in [-0.4, -0.2) is 35.8 Å². The SMILES string of the molecule is CC(C)n1c(CN2CCOCC2)cc2cc(CN)ccc21. The van der Waals surface area contributed by atoms with Crippen molar-refractivity contribution in [3.05, 3.63) is 35.5 Å². The van der Waals surface area contributed by atoms with Crippen LogP contribution >= 0.6 is 0 Å². The number of benzene rings is 1. The van der Waals surface area contributed by atoms with Crippen LogP contribution in [0.2, 0.25) is 0 Å². The molecule has 4 heteroatoms. The van der Waals surface area contributed by atoms with Gasteiger partial charge in [-0.2, -0.15) is 0 Å². The minimum atomic E-state index is 0.460. The van der Waals surface area contributed by atoms with E-state index in [0.29, 0.717) is 12.6 Å². The van der Waals surface area contributed by atoms with Gasteiger partial charge >= 0.3 is 0 Å². The molecule has 2 N–H and O–H groups in total. The standard InChI is InChI=1S/C17H25N3O/c1-13(2)20-16(12-19-5-7-21-8-6-19)10-15-9-14(11-18)3-4-17(15)20/h3-4,9-10,13H,5-8,11-12,18H2,1-2H3. The lowest BCUT2D eigenvalue weighted by Crippen LogP contribution is -2.36. The van der Waals surface area contributed by atoms with E-state index in [2.05, 4.69) is 47.6 Å². The van der Waals surface area contributed by atoms with Gasteiger partial charge in [0.2, 0.25) is 0 Å². The van der Waals surface area contributed by atoms with Gasteiger partial charge in [0.15, 0.2) is 0 Å². The summed E-state index contributed by atoms with van der Waals surface area (Å²) in [5.74, 6) is 0. The average Bonchev–Trinajstić information content (AvgIpc) is 2.85. The zero-order chi connectivity index (χ0) is 14.8. The maximum absolute atomic E-state index is 5.77. The molecular weight excluding hydrogens is 262 g/mol. The number of hydrogen-bond acceptors (Lipinski definition) is 3. The lowest BCUT2D eigenvalue weighted by atomic mass is 10.1. The van der Waals surface area contributed by atoms with Crippen LogP contribution in [-0.2, 0) is 17.8 Å². The highest BCUT2D eigenvalue weighted by Crippen LogP contribution is 2.26. The van der Waals surface area contributed by atoms with Crippen LogP contribution in [0.3, 0.4) is 0 Å². The average molecular weight is 287 g/mol. The van der Waals surface area contributed by atoms with Crippen LogP contribution in [0.25, 0.3) is 10.9 Å². The van der Waals surface area contributed by atoms with E-state index in [1.54, 1.807) is 0 Å². The Bertz CT molecular complexity index is 612. The summed E-state index contributed by atoms with van der Waals surface area (Å²) in [6.45, 7) is 9.83. The van der Waals surface area contributed by atoms with Gasteiger partial charge in [-0.3, -0.25) is 4.90 Å². The Morgan fingerprint density at radius 2 is 1.95 bits per heavy atom. The fourth-order valence-corrected chi connectivity index (χ4v) is 3.19. The first kappa shape index (κ1) is 14.6. The lowest BCUT2D eigenvalue weighted by molar-refractivity contribution is 0.0331. The smallest absolute Gasteiger partial charge is 0.0594 e. The molecule has 114 valence electrons. The molecule has 0 atom stereocenters. The number of rotatable bonds is 4. The van der Waals surface area contributed by atoms with E-state index >= 15 is 0 Å². The van der Waals surface area contributed by atoms with E-state index in [-0.39, 0.29) is 0 Å². The molecule has 2 heterocycles. The normalized spacial score (nSPS) is 17.0. The van der Waals surface area contributed by atoms with E-state index in [9.17, 15) is 0 Å². The second-order valence-corrected chi connectivity index (χ2v) is 6.09. The van der Waals surface area contributed by atoms with Gasteiger partial charge in [0, 0.05) is 48.8 Å². The maximum Gasteiger partial charge on any atom is 0.0594 e. The molecule has 0 amide bonds. The number of aromatic nitrogens is 1. The van der Waals surface area contributed by atoms with Gasteiger partial charge in [-0.1, -0.05) is 6.07 Å². The van der Waals surface area contributed by atoms with Gasteiger partial charge < -0.3 is 15.0 Å². The third kappa shape index (κ3) is 2.98. The molecular formula is C17H25N3O. The van der Waals surface area contributed by atoms with Crippen LogP contribution in [0.5, 0.6) is 0 Å². The lowest BCUT2D eigenvalue weighted by Gasteiger charge is -2.27. The monoisotopic (exact) mass is 287 g/mol. The summed E-state index contributed by atoms with van der Waals surface area (Å²) in [5.41, 5.74) is 9.66. The Balaban J connectivity index is 1.97. The zero-order valence-corrected chi connectivity index (χ0v) is 13.0. The molecule has 1 aliphatic rings. The molecule has 1 aromatic carbocycles. The second-order valence-electron chi connectivity index (χ2n) is 6.09.